The van der Waals surface area contributed by atoms with Gasteiger partial charge in [-0.05, 0) is 49.4 Å². The Morgan fingerprint density at radius 3 is 2.71 bits per heavy atom. The van der Waals surface area contributed by atoms with Gasteiger partial charge in [-0.2, -0.15) is 0 Å². The van der Waals surface area contributed by atoms with E-state index in [-0.39, 0.29) is 0 Å². The van der Waals surface area contributed by atoms with Crippen LogP contribution in [0.15, 0.2) is 23.1 Å². The number of nitrogens with two attached hydrogens (primary N) is 1. The summed E-state index contributed by atoms with van der Waals surface area (Å²) in [5, 5.41) is 0.867. The number of hydrogen-bond donors (Lipinski definition) is 1. The molecule has 1 nitrogen and oxygen atoms in total. The fourth-order valence-corrected chi connectivity index (χ4v) is 3.83. The smallest absolute Gasteiger partial charge is 0.0449 e. The molecule has 1 aromatic carbocycles. The first-order chi connectivity index (χ1) is 8.29. The molecule has 2 N–H and O–H groups in total. The van der Waals surface area contributed by atoms with Gasteiger partial charge in [0.05, 0.1) is 0 Å². The molecule has 94 valence electrons. The molecule has 0 amide bonds. The van der Waals surface area contributed by atoms with Gasteiger partial charge in [0.15, 0.2) is 0 Å². The minimum atomic E-state index is 0.661. The zero-order valence-electron chi connectivity index (χ0n) is 10.1. The molecule has 1 aliphatic rings. The van der Waals surface area contributed by atoms with Crippen LogP contribution in [0.1, 0.15) is 31.2 Å². The molecular weight excluding hydrogens is 250 g/mol. The lowest BCUT2D eigenvalue weighted by molar-refractivity contribution is 0.623. The van der Waals surface area contributed by atoms with Gasteiger partial charge < -0.3 is 5.73 Å². The van der Waals surface area contributed by atoms with E-state index in [0.717, 1.165) is 17.4 Å². The topological polar surface area (TPSA) is 26.0 Å². The van der Waals surface area contributed by atoms with Crippen molar-refractivity contribution in [3.8, 4) is 0 Å². The largest absolute Gasteiger partial charge is 0.330 e. The highest BCUT2D eigenvalue weighted by molar-refractivity contribution is 7.99. The third-order valence-electron chi connectivity index (χ3n) is 3.40. The van der Waals surface area contributed by atoms with E-state index in [9.17, 15) is 0 Å². The van der Waals surface area contributed by atoms with Gasteiger partial charge in [0.1, 0.15) is 0 Å². The molecular formula is C14H20ClNS. The molecule has 3 heteroatoms. The second-order valence-electron chi connectivity index (χ2n) is 4.75. The van der Waals surface area contributed by atoms with Crippen LogP contribution in [0.4, 0.5) is 0 Å². The van der Waals surface area contributed by atoms with Crippen LogP contribution in [0.5, 0.6) is 0 Å². The van der Waals surface area contributed by atoms with Crippen molar-refractivity contribution in [2.75, 3.05) is 12.3 Å². The van der Waals surface area contributed by atoms with Gasteiger partial charge in [0, 0.05) is 15.7 Å². The summed E-state index contributed by atoms with van der Waals surface area (Å²) >= 11 is 8.18. The molecule has 17 heavy (non-hydrogen) atoms. The molecule has 0 bridgehead atoms. The van der Waals surface area contributed by atoms with Crippen LogP contribution < -0.4 is 5.73 Å². The lowest BCUT2D eigenvalue weighted by atomic mass is 10.1. The van der Waals surface area contributed by atoms with E-state index >= 15 is 0 Å². The van der Waals surface area contributed by atoms with Crippen LogP contribution in [-0.2, 0) is 6.42 Å². The first-order valence-electron chi connectivity index (χ1n) is 6.41. The zero-order chi connectivity index (χ0) is 12.1. The van der Waals surface area contributed by atoms with Gasteiger partial charge >= 0.3 is 0 Å². The Morgan fingerprint density at radius 2 is 2.06 bits per heavy atom. The average molecular weight is 270 g/mol. The van der Waals surface area contributed by atoms with E-state index < -0.39 is 0 Å². The Balaban J connectivity index is 1.90. The Kier molecular flexibility index (Phi) is 5.20. The van der Waals surface area contributed by atoms with Crippen molar-refractivity contribution in [3.63, 3.8) is 0 Å². The third-order valence-corrected chi connectivity index (χ3v) is 4.98. The highest BCUT2D eigenvalue weighted by Gasteiger charge is 2.15. The summed E-state index contributed by atoms with van der Waals surface area (Å²) in [7, 11) is 0. The quantitative estimate of drug-likeness (QED) is 0.814. The standard InChI is InChI=1S/C14H20ClNS/c15-14-9-13(6-5-12(14)7-8-16)17-10-11-3-1-2-4-11/h5-6,9,11H,1-4,7-8,10,16H2. The van der Waals surface area contributed by atoms with E-state index in [4.69, 9.17) is 17.3 Å². The Labute approximate surface area is 113 Å². The average Bonchev–Trinajstić information content (AvgIpc) is 2.83. The molecule has 0 spiro atoms. The van der Waals surface area contributed by atoms with Crippen LogP contribution in [0.25, 0.3) is 0 Å². The zero-order valence-corrected chi connectivity index (χ0v) is 11.7. The van der Waals surface area contributed by atoms with Gasteiger partial charge in [-0.1, -0.05) is 30.5 Å². The summed E-state index contributed by atoms with van der Waals surface area (Å²) in [4.78, 5) is 1.29. The minimum absolute atomic E-state index is 0.661. The van der Waals surface area contributed by atoms with E-state index in [1.807, 2.05) is 11.8 Å². The van der Waals surface area contributed by atoms with Crippen molar-refractivity contribution in [1.29, 1.82) is 0 Å². The molecule has 1 saturated carbocycles. The molecule has 0 atom stereocenters. The predicted octanol–water partition coefficient (Wildman–Crippen LogP) is 4.12. The molecule has 0 aromatic heterocycles. The number of benzene rings is 1. The SMILES string of the molecule is NCCc1ccc(SCC2CCCC2)cc1Cl. The molecule has 0 radical (unpaired) electrons. The Morgan fingerprint density at radius 1 is 1.29 bits per heavy atom. The molecule has 1 aliphatic carbocycles. The van der Waals surface area contributed by atoms with Gasteiger partial charge in [-0.15, -0.1) is 11.8 Å². The summed E-state index contributed by atoms with van der Waals surface area (Å²) in [5.41, 5.74) is 6.71. The molecule has 2 rings (SSSR count). The lowest BCUT2D eigenvalue weighted by Crippen LogP contribution is -2.03. The molecule has 0 unspecified atom stereocenters. The molecule has 1 aromatic rings. The van der Waals surface area contributed by atoms with E-state index in [2.05, 4.69) is 18.2 Å². The van der Waals surface area contributed by atoms with Crippen molar-refractivity contribution in [2.45, 2.75) is 37.0 Å². The monoisotopic (exact) mass is 269 g/mol. The fraction of sp³-hybridized carbons (Fsp3) is 0.571. The predicted molar refractivity (Wildman–Crippen MR) is 76.9 cm³/mol. The van der Waals surface area contributed by atoms with Crippen molar-refractivity contribution in [3.05, 3.63) is 28.8 Å². The van der Waals surface area contributed by atoms with Crippen LogP contribution in [0, 0.1) is 5.92 Å². The normalized spacial score (nSPS) is 16.6. The Hall–Kier alpha value is -0.180. The number of rotatable bonds is 5. The van der Waals surface area contributed by atoms with E-state index in [0.29, 0.717) is 6.54 Å². The highest BCUT2D eigenvalue weighted by atomic mass is 35.5. The van der Waals surface area contributed by atoms with Crippen molar-refractivity contribution >= 4 is 23.4 Å². The maximum Gasteiger partial charge on any atom is 0.0449 e. The summed E-state index contributed by atoms with van der Waals surface area (Å²) < 4.78 is 0. The number of thioether (sulfide) groups is 1. The first kappa shape index (κ1) is 13.3. The number of hydrogen-bond acceptors (Lipinski definition) is 2. The molecule has 0 aliphatic heterocycles. The maximum absolute atomic E-state index is 6.23. The second kappa shape index (κ2) is 6.67. The van der Waals surface area contributed by atoms with Crippen LogP contribution in [-0.4, -0.2) is 12.3 Å². The van der Waals surface area contributed by atoms with Gasteiger partial charge in [0.25, 0.3) is 0 Å². The van der Waals surface area contributed by atoms with E-state index in [1.165, 1.54) is 41.9 Å². The van der Waals surface area contributed by atoms with Crippen LogP contribution in [0.3, 0.4) is 0 Å². The van der Waals surface area contributed by atoms with Gasteiger partial charge in [-0.3, -0.25) is 0 Å². The molecule has 1 fully saturated rings. The highest BCUT2D eigenvalue weighted by Crippen LogP contribution is 2.32. The summed E-state index contributed by atoms with van der Waals surface area (Å²) in [6.45, 7) is 0.661. The third kappa shape index (κ3) is 3.90. The van der Waals surface area contributed by atoms with Crippen LogP contribution in [0.2, 0.25) is 5.02 Å². The summed E-state index contributed by atoms with van der Waals surface area (Å²) in [5.74, 6) is 2.16. The van der Waals surface area contributed by atoms with Crippen molar-refractivity contribution < 1.29 is 0 Å². The van der Waals surface area contributed by atoms with E-state index in [1.54, 1.807) is 0 Å². The Bertz CT molecular complexity index is 361. The molecule has 0 saturated heterocycles. The fourth-order valence-electron chi connectivity index (χ4n) is 2.37. The molecule has 0 heterocycles. The van der Waals surface area contributed by atoms with Gasteiger partial charge in [0.2, 0.25) is 0 Å². The van der Waals surface area contributed by atoms with Gasteiger partial charge in [-0.25, -0.2) is 0 Å². The van der Waals surface area contributed by atoms with Crippen molar-refractivity contribution in [1.82, 2.24) is 0 Å². The minimum Gasteiger partial charge on any atom is -0.330 e. The lowest BCUT2D eigenvalue weighted by Gasteiger charge is -2.09. The maximum atomic E-state index is 6.23. The number of halogens is 1. The summed E-state index contributed by atoms with van der Waals surface area (Å²) in [6, 6.07) is 6.38. The first-order valence-corrected chi connectivity index (χ1v) is 7.77. The van der Waals surface area contributed by atoms with Crippen molar-refractivity contribution in [2.24, 2.45) is 11.7 Å². The van der Waals surface area contributed by atoms with Crippen LogP contribution >= 0.6 is 23.4 Å². The summed E-state index contributed by atoms with van der Waals surface area (Å²) in [6.07, 6.45) is 6.52. The second-order valence-corrected chi connectivity index (χ2v) is 6.25.